The zero-order valence-electron chi connectivity index (χ0n) is 3.73. The summed E-state index contributed by atoms with van der Waals surface area (Å²) in [4.78, 5) is 9.26. The van der Waals surface area contributed by atoms with Crippen LogP contribution in [0, 0.1) is 0 Å². The van der Waals surface area contributed by atoms with E-state index in [0.717, 1.165) is 0 Å². The number of aliphatic carboxylic acids is 1. The van der Waals surface area contributed by atoms with Crippen LogP contribution in [0.5, 0.6) is 0 Å². The van der Waals surface area contributed by atoms with Gasteiger partial charge in [0.25, 0.3) is 0 Å². The molecule has 0 saturated heterocycles. The predicted octanol–water partition coefficient (Wildman–Crippen LogP) is -1.23. The molecule has 1 radical (unpaired) electrons. The molecule has 0 amide bonds. The maximum atomic E-state index is 9.26. The van der Waals surface area contributed by atoms with E-state index in [9.17, 15) is 9.90 Å². The summed E-state index contributed by atoms with van der Waals surface area (Å²) >= 11 is 0. The van der Waals surface area contributed by atoms with Gasteiger partial charge in [-0.05, 0) is 6.42 Å². The quantitative estimate of drug-likeness (QED) is 0.384. The molecule has 0 N–H and O–H groups in total. The number of hydrogen-bond acceptors (Lipinski definition) is 2. The zero-order valence-corrected chi connectivity index (χ0v) is 5.14. The van der Waals surface area contributed by atoms with Gasteiger partial charge in [-0.15, -0.1) is 0 Å². The van der Waals surface area contributed by atoms with E-state index >= 15 is 0 Å². The van der Waals surface area contributed by atoms with Gasteiger partial charge in [0, 0.05) is 5.97 Å². The largest absolute Gasteiger partial charge is 1.00 e. The number of carbonyl (C=O) groups is 1. The van der Waals surface area contributed by atoms with Gasteiger partial charge in [0.1, 0.15) is 0 Å². The van der Waals surface area contributed by atoms with Crippen molar-refractivity contribution in [3.8, 4) is 0 Å². The zero-order chi connectivity index (χ0) is 4.28. The number of carboxylic acids is 1. The maximum Gasteiger partial charge on any atom is 1.00 e. The van der Waals surface area contributed by atoms with Crippen molar-refractivity contribution < 1.29 is 9.90 Å². The predicted molar refractivity (Wildman–Crippen MR) is 21.1 cm³/mol. The van der Waals surface area contributed by atoms with Gasteiger partial charge in [0.05, 0.1) is 0 Å². The molecule has 31 valence electrons. The summed E-state index contributed by atoms with van der Waals surface area (Å²) in [6, 6.07) is 0. The third kappa shape index (κ3) is 8.87. The molecule has 0 aromatic rings. The molecule has 0 atom stereocenters. The van der Waals surface area contributed by atoms with Crippen LogP contribution in [0.15, 0.2) is 0 Å². The standard InChI is InChI=1S/C3H6O2.Mg/c1-2-3(4)5;/h2H2,1H3,(H,4,5);/q;+1/p-1. The Morgan fingerprint density at radius 1 is 1.83 bits per heavy atom. The first-order valence-electron chi connectivity index (χ1n) is 1.47. The summed E-state index contributed by atoms with van der Waals surface area (Å²) in [5.41, 5.74) is 0. The Balaban J connectivity index is 0. The Bertz CT molecular complexity index is 44.1. The van der Waals surface area contributed by atoms with E-state index in [1.54, 1.807) is 0 Å². The van der Waals surface area contributed by atoms with Crippen molar-refractivity contribution in [3.63, 3.8) is 0 Å². The summed E-state index contributed by atoms with van der Waals surface area (Å²) in [7, 11) is 0. The molecule has 0 rings (SSSR count). The van der Waals surface area contributed by atoms with Crippen LogP contribution in [0.4, 0.5) is 0 Å². The Morgan fingerprint density at radius 2 is 2.00 bits per heavy atom. The first-order valence-corrected chi connectivity index (χ1v) is 1.47. The van der Waals surface area contributed by atoms with Crippen LogP contribution < -0.4 is 5.11 Å². The first-order chi connectivity index (χ1) is 2.27. The average Bonchev–Trinajstić information content (AvgIpc) is 1.38. The fourth-order valence-electron chi connectivity index (χ4n) is 0. The molecule has 0 unspecified atom stereocenters. The van der Waals surface area contributed by atoms with Crippen molar-refractivity contribution in [1.82, 2.24) is 0 Å². The van der Waals surface area contributed by atoms with E-state index in [1.807, 2.05) is 0 Å². The van der Waals surface area contributed by atoms with Gasteiger partial charge in [-0.25, -0.2) is 0 Å². The van der Waals surface area contributed by atoms with Crippen molar-refractivity contribution in [2.45, 2.75) is 13.3 Å². The van der Waals surface area contributed by atoms with Crippen LogP contribution in [0.3, 0.4) is 0 Å². The molecule has 3 heteroatoms. The maximum absolute atomic E-state index is 9.26. The second kappa shape index (κ2) is 5.24. The van der Waals surface area contributed by atoms with Gasteiger partial charge in [0.15, 0.2) is 0 Å². The number of rotatable bonds is 1. The van der Waals surface area contributed by atoms with Crippen LogP contribution in [0.1, 0.15) is 13.3 Å². The van der Waals surface area contributed by atoms with Gasteiger partial charge < -0.3 is 9.90 Å². The monoisotopic (exact) mass is 97.0 g/mol. The normalized spacial score (nSPS) is 6.17. The summed E-state index contributed by atoms with van der Waals surface area (Å²) < 4.78 is 0. The van der Waals surface area contributed by atoms with E-state index in [-0.39, 0.29) is 29.5 Å². The summed E-state index contributed by atoms with van der Waals surface area (Å²) in [6.45, 7) is 1.54. The van der Waals surface area contributed by atoms with Gasteiger partial charge in [0.2, 0.25) is 0 Å². The molecule has 0 spiro atoms. The molecule has 0 aromatic carbocycles. The summed E-state index contributed by atoms with van der Waals surface area (Å²) in [6.07, 6.45) is 0.111. The van der Waals surface area contributed by atoms with Crippen LogP contribution in [0.25, 0.3) is 0 Å². The molecule has 2 nitrogen and oxygen atoms in total. The molecular weight excluding hydrogens is 92.3 g/mol. The molecule has 0 aliphatic carbocycles. The van der Waals surface area contributed by atoms with Crippen molar-refractivity contribution in [1.29, 1.82) is 0 Å². The third-order valence-electron chi connectivity index (χ3n) is 0.289. The van der Waals surface area contributed by atoms with Gasteiger partial charge in [-0.2, -0.15) is 0 Å². The van der Waals surface area contributed by atoms with Crippen molar-refractivity contribution in [2.24, 2.45) is 0 Å². The Labute approximate surface area is 52.7 Å². The van der Waals surface area contributed by atoms with Crippen LogP contribution >= 0.6 is 0 Å². The van der Waals surface area contributed by atoms with Gasteiger partial charge in [-0.3, -0.25) is 0 Å². The number of carboxylic acid groups (broad SMARTS) is 1. The minimum atomic E-state index is -0.995. The van der Waals surface area contributed by atoms with Gasteiger partial charge >= 0.3 is 23.1 Å². The topological polar surface area (TPSA) is 40.1 Å². The van der Waals surface area contributed by atoms with Crippen molar-refractivity contribution in [3.05, 3.63) is 0 Å². The molecule has 0 aliphatic heterocycles. The molecule has 0 bridgehead atoms. The fourth-order valence-corrected chi connectivity index (χ4v) is 0. The summed E-state index contributed by atoms with van der Waals surface area (Å²) in [5.74, 6) is -0.995. The van der Waals surface area contributed by atoms with Crippen LogP contribution in [-0.4, -0.2) is 29.0 Å². The Hall–Kier alpha value is 0.236. The fraction of sp³-hybridized carbons (Fsp3) is 0.667. The molecule has 0 fully saturated rings. The van der Waals surface area contributed by atoms with E-state index in [2.05, 4.69) is 0 Å². The Morgan fingerprint density at radius 3 is 2.00 bits per heavy atom. The van der Waals surface area contributed by atoms with E-state index in [1.165, 1.54) is 6.92 Å². The minimum Gasteiger partial charge on any atom is -0.550 e. The van der Waals surface area contributed by atoms with E-state index in [4.69, 9.17) is 0 Å². The van der Waals surface area contributed by atoms with E-state index in [0.29, 0.717) is 0 Å². The molecule has 0 aliphatic rings. The minimum absolute atomic E-state index is 0. The molecule has 0 saturated carbocycles. The molecule has 0 aromatic heterocycles. The SMILES string of the molecule is CCC(=O)[O-].[Mg+]. The molecular formula is C3H5MgO2. The van der Waals surface area contributed by atoms with Crippen LogP contribution in [0.2, 0.25) is 0 Å². The molecule has 6 heavy (non-hydrogen) atoms. The van der Waals surface area contributed by atoms with Gasteiger partial charge in [-0.1, -0.05) is 6.92 Å². The van der Waals surface area contributed by atoms with Crippen LogP contribution in [-0.2, 0) is 4.79 Å². The number of hydrogen-bond donors (Lipinski definition) is 0. The Kier molecular flexibility index (Phi) is 8.32. The summed E-state index contributed by atoms with van der Waals surface area (Å²) in [5, 5.41) is 9.26. The second-order valence-electron chi connectivity index (χ2n) is 0.726. The molecule has 0 heterocycles. The first kappa shape index (κ1) is 9.53. The second-order valence-corrected chi connectivity index (χ2v) is 0.726. The average molecular weight is 97.4 g/mol. The number of carbonyl (C=O) groups excluding carboxylic acids is 1. The third-order valence-corrected chi connectivity index (χ3v) is 0.289. The van der Waals surface area contributed by atoms with Crippen molar-refractivity contribution in [2.75, 3.05) is 0 Å². The van der Waals surface area contributed by atoms with E-state index < -0.39 is 5.97 Å². The van der Waals surface area contributed by atoms with Crippen molar-refractivity contribution >= 4 is 29.0 Å². The smallest absolute Gasteiger partial charge is 0.550 e.